The molecule has 0 aliphatic rings. The van der Waals surface area contributed by atoms with E-state index in [2.05, 4.69) is 5.43 Å². The second kappa shape index (κ2) is 4.92. The van der Waals surface area contributed by atoms with Gasteiger partial charge in [0.05, 0.1) is 15.6 Å². The lowest BCUT2D eigenvalue weighted by atomic mass is 10.1. The van der Waals surface area contributed by atoms with Crippen molar-refractivity contribution in [2.75, 3.05) is 12.0 Å². The van der Waals surface area contributed by atoms with Gasteiger partial charge in [-0.2, -0.15) is 0 Å². The summed E-state index contributed by atoms with van der Waals surface area (Å²) in [5.41, 5.74) is 2.81. The predicted molar refractivity (Wildman–Crippen MR) is 56.7 cm³/mol. The van der Waals surface area contributed by atoms with Crippen LogP contribution in [0, 0.1) is 10.1 Å². The van der Waals surface area contributed by atoms with Crippen LogP contribution in [0.25, 0.3) is 0 Å². The molecule has 0 atom stereocenters. The van der Waals surface area contributed by atoms with Gasteiger partial charge in [0.1, 0.15) is 0 Å². The van der Waals surface area contributed by atoms with Gasteiger partial charge in [-0.05, 0) is 6.07 Å². The number of nitrogens with one attached hydrogen (secondary N) is 1. The van der Waals surface area contributed by atoms with Crippen LogP contribution in [0.15, 0.2) is 12.1 Å². The van der Waals surface area contributed by atoms with Crippen LogP contribution in [-0.4, -0.2) is 16.6 Å². The molecule has 1 aromatic rings. The summed E-state index contributed by atoms with van der Waals surface area (Å²) in [6.45, 7) is -0.174. The Morgan fingerprint density at radius 3 is 2.73 bits per heavy atom. The third kappa shape index (κ3) is 2.56. The first-order valence-electron chi connectivity index (χ1n) is 4.14. The number of nitrogen functional groups attached to an aromatic ring is 1. The van der Waals surface area contributed by atoms with E-state index in [-0.39, 0.29) is 29.4 Å². The molecule has 0 unspecified atom stereocenters. The van der Waals surface area contributed by atoms with E-state index in [1.807, 2.05) is 0 Å². The van der Waals surface area contributed by atoms with Crippen LogP contribution in [0.4, 0.5) is 11.4 Å². The Bertz CT molecular complexity index is 384. The van der Waals surface area contributed by atoms with E-state index in [1.54, 1.807) is 0 Å². The highest BCUT2D eigenvalue weighted by Crippen LogP contribution is 2.30. The summed E-state index contributed by atoms with van der Waals surface area (Å²) in [6.07, 6.45) is 0.181. The molecule has 6 nitrogen and oxygen atoms in total. The lowest BCUT2D eigenvalue weighted by Crippen LogP contribution is -2.08. The number of rotatable bonds is 4. The molecule has 0 heterocycles. The van der Waals surface area contributed by atoms with Crippen molar-refractivity contribution in [1.82, 2.24) is 0 Å². The van der Waals surface area contributed by atoms with Crippen molar-refractivity contribution in [3.8, 4) is 0 Å². The number of aliphatic hydroxyl groups excluding tert-OH is 1. The number of halogens is 1. The maximum absolute atomic E-state index is 10.7. The summed E-state index contributed by atoms with van der Waals surface area (Å²) in [6, 6.07) is 2.67. The Balaban J connectivity index is 3.25. The Hall–Kier alpha value is -1.37. The Kier molecular flexibility index (Phi) is 3.84. The fraction of sp³-hybridized carbons (Fsp3) is 0.250. The number of hydrazine groups is 1. The molecule has 0 aromatic heterocycles. The number of aliphatic hydroxyl groups is 1. The number of nitro benzene ring substituents is 1. The molecule has 0 spiro atoms. The van der Waals surface area contributed by atoms with Gasteiger partial charge < -0.3 is 10.5 Å². The molecule has 4 N–H and O–H groups in total. The molecule has 0 bridgehead atoms. The number of nitrogens with zero attached hydrogens (tertiary/aromatic N) is 1. The quantitative estimate of drug-likeness (QED) is 0.409. The van der Waals surface area contributed by atoms with Crippen molar-refractivity contribution in [2.45, 2.75) is 6.42 Å². The van der Waals surface area contributed by atoms with Crippen molar-refractivity contribution in [1.29, 1.82) is 0 Å². The fourth-order valence-electron chi connectivity index (χ4n) is 1.20. The van der Waals surface area contributed by atoms with E-state index in [4.69, 9.17) is 22.6 Å². The third-order valence-electron chi connectivity index (χ3n) is 1.90. The minimum absolute atomic E-state index is 0.110. The number of hydrogen-bond acceptors (Lipinski definition) is 5. The van der Waals surface area contributed by atoms with E-state index in [1.165, 1.54) is 12.1 Å². The molecule has 0 saturated heterocycles. The van der Waals surface area contributed by atoms with Gasteiger partial charge >= 0.3 is 0 Å². The molecule has 1 aromatic carbocycles. The summed E-state index contributed by atoms with van der Waals surface area (Å²) in [5.74, 6) is 5.14. The van der Waals surface area contributed by atoms with Crippen molar-refractivity contribution in [2.24, 2.45) is 5.84 Å². The van der Waals surface area contributed by atoms with E-state index in [0.717, 1.165) is 0 Å². The summed E-state index contributed by atoms with van der Waals surface area (Å²) < 4.78 is 0. The van der Waals surface area contributed by atoms with Gasteiger partial charge in [-0.1, -0.05) is 11.6 Å². The van der Waals surface area contributed by atoms with E-state index >= 15 is 0 Å². The normalized spacial score (nSPS) is 10.1. The van der Waals surface area contributed by atoms with E-state index < -0.39 is 4.92 Å². The average molecular weight is 232 g/mol. The number of anilines is 1. The van der Waals surface area contributed by atoms with Crippen LogP contribution < -0.4 is 11.3 Å². The van der Waals surface area contributed by atoms with Gasteiger partial charge in [-0.3, -0.25) is 16.0 Å². The highest BCUT2D eigenvalue weighted by atomic mass is 35.5. The minimum Gasteiger partial charge on any atom is -0.396 e. The van der Waals surface area contributed by atoms with Gasteiger partial charge in [-0.25, -0.2) is 0 Å². The van der Waals surface area contributed by atoms with Gasteiger partial charge in [0.2, 0.25) is 0 Å². The van der Waals surface area contributed by atoms with Crippen LogP contribution in [0.2, 0.25) is 5.02 Å². The molecule has 0 radical (unpaired) electrons. The maximum atomic E-state index is 10.7. The highest BCUT2D eigenvalue weighted by molar-refractivity contribution is 6.33. The lowest BCUT2D eigenvalue weighted by molar-refractivity contribution is -0.385. The number of benzene rings is 1. The molecule has 0 amide bonds. The smallest absolute Gasteiger partial charge is 0.274 e. The van der Waals surface area contributed by atoms with Crippen LogP contribution in [0.5, 0.6) is 0 Å². The van der Waals surface area contributed by atoms with Crippen molar-refractivity contribution < 1.29 is 10.0 Å². The second-order valence-corrected chi connectivity index (χ2v) is 3.24. The first kappa shape index (κ1) is 11.7. The van der Waals surface area contributed by atoms with Crippen LogP contribution in [-0.2, 0) is 6.42 Å². The molecule has 7 heteroatoms. The molecular weight excluding hydrogens is 222 g/mol. The van der Waals surface area contributed by atoms with Crippen molar-refractivity contribution in [3.63, 3.8) is 0 Å². The summed E-state index contributed by atoms with van der Waals surface area (Å²) >= 11 is 5.80. The molecule has 0 fully saturated rings. The number of nitro groups is 1. The van der Waals surface area contributed by atoms with Crippen LogP contribution in [0.1, 0.15) is 5.56 Å². The summed E-state index contributed by atoms with van der Waals surface area (Å²) in [5, 5.41) is 19.7. The zero-order valence-corrected chi connectivity index (χ0v) is 8.49. The molecule has 0 aliphatic heterocycles. The molecule has 0 saturated carbocycles. The Morgan fingerprint density at radius 2 is 2.27 bits per heavy atom. The van der Waals surface area contributed by atoms with E-state index in [9.17, 15) is 10.1 Å². The molecular formula is C8H10ClN3O3. The SMILES string of the molecule is NNc1cc([N+](=O)[O-])c(CCO)cc1Cl. The van der Waals surface area contributed by atoms with Crippen LogP contribution >= 0.6 is 11.6 Å². The topological polar surface area (TPSA) is 101 Å². The van der Waals surface area contributed by atoms with Gasteiger partial charge in [0.15, 0.2) is 0 Å². The fourth-order valence-corrected chi connectivity index (χ4v) is 1.45. The molecule has 1 rings (SSSR count). The largest absolute Gasteiger partial charge is 0.396 e. The number of nitrogens with two attached hydrogens (primary N) is 1. The summed E-state index contributed by atoms with van der Waals surface area (Å²) in [7, 11) is 0. The zero-order chi connectivity index (χ0) is 11.4. The lowest BCUT2D eigenvalue weighted by Gasteiger charge is -2.06. The summed E-state index contributed by atoms with van der Waals surface area (Å²) in [4.78, 5) is 10.1. The number of hydrogen-bond donors (Lipinski definition) is 3. The molecule has 82 valence electrons. The standard InChI is InChI=1S/C8H10ClN3O3/c9-6-3-5(1-2-13)8(12(14)15)4-7(6)11-10/h3-4,11,13H,1-2,10H2. The second-order valence-electron chi connectivity index (χ2n) is 2.84. The first-order valence-corrected chi connectivity index (χ1v) is 4.52. The van der Waals surface area contributed by atoms with Crippen molar-refractivity contribution >= 4 is 23.0 Å². The van der Waals surface area contributed by atoms with E-state index in [0.29, 0.717) is 5.56 Å². The Morgan fingerprint density at radius 1 is 1.60 bits per heavy atom. The first-order chi connectivity index (χ1) is 7.10. The molecule has 15 heavy (non-hydrogen) atoms. The minimum atomic E-state index is -0.540. The van der Waals surface area contributed by atoms with Crippen LogP contribution in [0.3, 0.4) is 0 Å². The maximum Gasteiger partial charge on any atom is 0.274 e. The molecule has 0 aliphatic carbocycles. The van der Waals surface area contributed by atoms with Gasteiger partial charge in [-0.15, -0.1) is 0 Å². The Labute approximate surface area is 90.8 Å². The third-order valence-corrected chi connectivity index (χ3v) is 2.21. The predicted octanol–water partition coefficient (Wildman–Crippen LogP) is 1.07. The zero-order valence-electron chi connectivity index (χ0n) is 7.74. The monoisotopic (exact) mass is 231 g/mol. The van der Waals surface area contributed by atoms with Crippen molar-refractivity contribution in [3.05, 3.63) is 32.8 Å². The van der Waals surface area contributed by atoms with Gasteiger partial charge in [0, 0.05) is 24.7 Å². The van der Waals surface area contributed by atoms with Gasteiger partial charge in [0.25, 0.3) is 5.69 Å². The average Bonchev–Trinajstić information content (AvgIpc) is 2.18. The highest BCUT2D eigenvalue weighted by Gasteiger charge is 2.16.